The minimum absolute atomic E-state index is 0.0934. The first-order valence-electron chi connectivity index (χ1n) is 5.89. The van der Waals surface area contributed by atoms with Crippen molar-refractivity contribution >= 4 is 11.6 Å². The average Bonchev–Trinajstić information content (AvgIpc) is 2.16. The van der Waals surface area contributed by atoms with Crippen molar-refractivity contribution in [3.05, 3.63) is 29.8 Å². The molecule has 2 heteroatoms. The molecule has 0 spiro atoms. The average molecular weight is 219 g/mol. The van der Waals surface area contributed by atoms with Crippen molar-refractivity contribution in [2.24, 2.45) is 5.92 Å². The van der Waals surface area contributed by atoms with E-state index in [1.54, 1.807) is 0 Å². The normalized spacial score (nSPS) is 10.9. The van der Waals surface area contributed by atoms with Crippen molar-refractivity contribution in [3.63, 3.8) is 0 Å². The monoisotopic (exact) mass is 219 g/mol. The summed E-state index contributed by atoms with van der Waals surface area (Å²) in [6.07, 6.45) is 0.575. The Balaban J connectivity index is 2.67. The molecule has 0 radical (unpaired) electrons. The Hall–Kier alpha value is -1.31. The molecule has 1 aromatic carbocycles. The van der Waals surface area contributed by atoms with Crippen LogP contribution in [0.2, 0.25) is 0 Å². The van der Waals surface area contributed by atoms with Gasteiger partial charge in [0.2, 0.25) is 5.91 Å². The maximum atomic E-state index is 11.6. The topological polar surface area (TPSA) is 29.1 Å². The fourth-order valence-corrected chi connectivity index (χ4v) is 1.56. The molecule has 0 atom stereocenters. The molecule has 0 aliphatic rings. The smallest absolute Gasteiger partial charge is 0.224 e. The zero-order chi connectivity index (χ0) is 12.1. The number of carbonyl (C=O) groups excluding carboxylic acids is 1. The first-order valence-corrected chi connectivity index (χ1v) is 5.89. The fraction of sp³-hybridized carbons (Fsp3) is 0.500. The van der Waals surface area contributed by atoms with Crippen LogP contribution in [0.15, 0.2) is 24.3 Å². The molecule has 0 saturated carbocycles. The van der Waals surface area contributed by atoms with Gasteiger partial charge in [-0.05, 0) is 29.5 Å². The molecule has 2 nitrogen and oxygen atoms in total. The maximum absolute atomic E-state index is 11.6. The van der Waals surface area contributed by atoms with Crippen molar-refractivity contribution in [1.82, 2.24) is 0 Å². The third-order valence-corrected chi connectivity index (χ3v) is 2.43. The molecule has 1 aromatic rings. The van der Waals surface area contributed by atoms with Crippen molar-refractivity contribution in [3.8, 4) is 0 Å². The van der Waals surface area contributed by atoms with Gasteiger partial charge in [-0.15, -0.1) is 0 Å². The van der Waals surface area contributed by atoms with Crippen LogP contribution in [0.1, 0.15) is 45.6 Å². The standard InChI is InChI=1S/C14H21NO/c1-10(2)8-14(16)15-13-7-5-6-12(9-13)11(3)4/h5-7,9-11H,8H2,1-4H3,(H,15,16). The van der Waals surface area contributed by atoms with E-state index in [-0.39, 0.29) is 5.91 Å². The SMILES string of the molecule is CC(C)CC(=O)Nc1cccc(C(C)C)c1. The number of rotatable bonds is 4. The van der Waals surface area contributed by atoms with E-state index in [1.165, 1.54) is 5.56 Å². The van der Waals surface area contributed by atoms with Crippen LogP contribution in [0.3, 0.4) is 0 Å². The molecule has 1 N–H and O–H groups in total. The Morgan fingerprint density at radius 3 is 2.50 bits per heavy atom. The molecule has 16 heavy (non-hydrogen) atoms. The summed E-state index contributed by atoms with van der Waals surface area (Å²) in [5.74, 6) is 0.978. The third-order valence-electron chi connectivity index (χ3n) is 2.43. The molecule has 0 fully saturated rings. The fourth-order valence-electron chi connectivity index (χ4n) is 1.56. The number of hydrogen-bond donors (Lipinski definition) is 1. The van der Waals surface area contributed by atoms with E-state index >= 15 is 0 Å². The minimum atomic E-state index is 0.0934. The van der Waals surface area contributed by atoms with Crippen molar-refractivity contribution in [2.45, 2.75) is 40.0 Å². The second-order valence-electron chi connectivity index (χ2n) is 4.93. The van der Waals surface area contributed by atoms with Crippen molar-refractivity contribution < 1.29 is 4.79 Å². The lowest BCUT2D eigenvalue weighted by Crippen LogP contribution is -2.13. The van der Waals surface area contributed by atoms with E-state index in [0.29, 0.717) is 18.3 Å². The lowest BCUT2D eigenvalue weighted by atomic mass is 10.0. The van der Waals surface area contributed by atoms with Gasteiger partial charge in [0.25, 0.3) is 0 Å². The highest BCUT2D eigenvalue weighted by Gasteiger charge is 2.06. The highest BCUT2D eigenvalue weighted by atomic mass is 16.1. The number of hydrogen-bond acceptors (Lipinski definition) is 1. The Morgan fingerprint density at radius 2 is 1.94 bits per heavy atom. The second-order valence-corrected chi connectivity index (χ2v) is 4.93. The van der Waals surface area contributed by atoms with Crippen LogP contribution in [0, 0.1) is 5.92 Å². The van der Waals surface area contributed by atoms with Crippen molar-refractivity contribution in [2.75, 3.05) is 5.32 Å². The lowest BCUT2D eigenvalue weighted by Gasteiger charge is -2.10. The maximum Gasteiger partial charge on any atom is 0.224 e. The minimum Gasteiger partial charge on any atom is -0.326 e. The van der Waals surface area contributed by atoms with Crippen LogP contribution in [-0.4, -0.2) is 5.91 Å². The first kappa shape index (κ1) is 12.8. The van der Waals surface area contributed by atoms with Gasteiger partial charge in [-0.3, -0.25) is 4.79 Å². The zero-order valence-corrected chi connectivity index (χ0v) is 10.6. The van der Waals surface area contributed by atoms with Crippen LogP contribution < -0.4 is 5.32 Å². The molecule has 0 bridgehead atoms. The van der Waals surface area contributed by atoms with Crippen LogP contribution in [-0.2, 0) is 4.79 Å². The van der Waals surface area contributed by atoms with Gasteiger partial charge < -0.3 is 5.32 Å². The number of nitrogens with one attached hydrogen (secondary N) is 1. The van der Waals surface area contributed by atoms with Crippen LogP contribution in [0.25, 0.3) is 0 Å². The van der Waals surface area contributed by atoms with E-state index in [0.717, 1.165) is 5.69 Å². The Kier molecular flexibility index (Phi) is 4.53. The van der Waals surface area contributed by atoms with E-state index in [2.05, 4.69) is 25.2 Å². The summed E-state index contributed by atoms with van der Waals surface area (Å²) >= 11 is 0. The highest BCUT2D eigenvalue weighted by Crippen LogP contribution is 2.18. The van der Waals surface area contributed by atoms with Gasteiger partial charge in [0, 0.05) is 12.1 Å². The van der Waals surface area contributed by atoms with E-state index in [4.69, 9.17) is 0 Å². The predicted octanol–water partition coefficient (Wildman–Crippen LogP) is 3.79. The summed E-state index contributed by atoms with van der Waals surface area (Å²) in [5, 5.41) is 2.93. The molecule has 0 aliphatic carbocycles. The summed E-state index contributed by atoms with van der Waals surface area (Å²) in [4.78, 5) is 11.6. The molecule has 0 heterocycles. The summed E-state index contributed by atoms with van der Waals surface area (Å²) in [5.41, 5.74) is 2.15. The molecule has 0 aliphatic heterocycles. The molecular formula is C14H21NO. The molecule has 1 rings (SSSR count). The lowest BCUT2D eigenvalue weighted by molar-refractivity contribution is -0.116. The van der Waals surface area contributed by atoms with Crippen LogP contribution in [0.5, 0.6) is 0 Å². The summed E-state index contributed by atoms with van der Waals surface area (Å²) in [6, 6.07) is 8.05. The molecular weight excluding hydrogens is 198 g/mol. The second kappa shape index (κ2) is 5.69. The zero-order valence-electron chi connectivity index (χ0n) is 10.6. The van der Waals surface area contributed by atoms with Gasteiger partial charge in [-0.25, -0.2) is 0 Å². The highest BCUT2D eigenvalue weighted by molar-refractivity contribution is 5.90. The molecule has 0 saturated heterocycles. The van der Waals surface area contributed by atoms with E-state index in [1.807, 2.05) is 32.0 Å². The first-order chi connectivity index (χ1) is 7.49. The Labute approximate surface area is 98.1 Å². The number of amides is 1. The molecule has 0 unspecified atom stereocenters. The van der Waals surface area contributed by atoms with Gasteiger partial charge in [0.15, 0.2) is 0 Å². The quantitative estimate of drug-likeness (QED) is 0.820. The van der Waals surface area contributed by atoms with Gasteiger partial charge >= 0.3 is 0 Å². The Bertz CT molecular complexity index is 356. The summed E-state index contributed by atoms with van der Waals surface area (Å²) in [7, 11) is 0. The molecule has 88 valence electrons. The summed E-state index contributed by atoms with van der Waals surface area (Å²) in [6.45, 7) is 8.39. The third kappa shape index (κ3) is 4.05. The van der Waals surface area contributed by atoms with Gasteiger partial charge in [-0.1, -0.05) is 39.8 Å². The molecule has 0 aromatic heterocycles. The number of benzene rings is 1. The Morgan fingerprint density at radius 1 is 1.25 bits per heavy atom. The number of carbonyl (C=O) groups is 1. The molecule has 1 amide bonds. The van der Waals surface area contributed by atoms with E-state index < -0.39 is 0 Å². The predicted molar refractivity (Wildman–Crippen MR) is 68.6 cm³/mol. The van der Waals surface area contributed by atoms with Gasteiger partial charge in [0.05, 0.1) is 0 Å². The van der Waals surface area contributed by atoms with Crippen LogP contribution in [0.4, 0.5) is 5.69 Å². The van der Waals surface area contributed by atoms with E-state index in [9.17, 15) is 4.79 Å². The van der Waals surface area contributed by atoms with Gasteiger partial charge in [0.1, 0.15) is 0 Å². The van der Waals surface area contributed by atoms with Crippen molar-refractivity contribution in [1.29, 1.82) is 0 Å². The largest absolute Gasteiger partial charge is 0.326 e. The number of anilines is 1. The van der Waals surface area contributed by atoms with Gasteiger partial charge in [-0.2, -0.15) is 0 Å². The summed E-state index contributed by atoms with van der Waals surface area (Å²) < 4.78 is 0. The van der Waals surface area contributed by atoms with Crippen LogP contribution >= 0.6 is 0 Å².